The molecule has 0 aliphatic heterocycles. The van der Waals surface area contributed by atoms with Gasteiger partial charge in [-0.1, -0.05) is 12.1 Å². The predicted molar refractivity (Wildman–Crippen MR) is 78.5 cm³/mol. The molecular formula is C15H10F6O4S. The fraction of sp³-hybridized carbons (Fsp3) is 0.200. The number of hydrogen-bond donors (Lipinski definition) is 0. The Bertz CT molecular complexity index is 924. The van der Waals surface area contributed by atoms with E-state index in [0.717, 1.165) is 24.3 Å². The van der Waals surface area contributed by atoms with Crippen molar-refractivity contribution in [3.05, 3.63) is 47.8 Å². The van der Waals surface area contributed by atoms with Crippen LogP contribution in [0.3, 0.4) is 0 Å². The van der Waals surface area contributed by atoms with Crippen molar-refractivity contribution >= 4 is 10.1 Å². The van der Waals surface area contributed by atoms with Gasteiger partial charge >= 0.3 is 15.6 Å². The van der Waals surface area contributed by atoms with E-state index in [2.05, 4.69) is 4.18 Å². The molecule has 0 aromatic heterocycles. The van der Waals surface area contributed by atoms with Gasteiger partial charge in [-0.05, 0) is 25.1 Å². The van der Waals surface area contributed by atoms with E-state index < -0.39 is 55.7 Å². The first-order chi connectivity index (χ1) is 12.0. The molecule has 0 heterocycles. The van der Waals surface area contributed by atoms with E-state index in [4.69, 9.17) is 4.74 Å². The van der Waals surface area contributed by atoms with Crippen molar-refractivity contribution < 1.29 is 43.7 Å². The summed E-state index contributed by atoms with van der Waals surface area (Å²) in [5.74, 6) is -6.44. The Kier molecular flexibility index (Phi) is 5.40. The maximum atomic E-state index is 14.2. The lowest BCUT2D eigenvalue weighted by molar-refractivity contribution is -0.0500. The van der Waals surface area contributed by atoms with Gasteiger partial charge in [-0.3, -0.25) is 0 Å². The molecule has 2 aromatic carbocycles. The normalized spacial score (nSPS) is 12.1. The maximum Gasteiger partial charge on any atom is 0.534 e. The predicted octanol–water partition coefficient (Wildman–Crippen LogP) is 4.40. The number of halogens is 6. The monoisotopic (exact) mass is 400 g/mol. The van der Waals surface area contributed by atoms with Crippen molar-refractivity contribution in [3.8, 4) is 22.6 Å². The molecule has 0 saturated carbocycles. The molecule has 0 aliphatic rings. The third-order valence-electron chi connectivity index (χ3n) is 3.08. The first-order valence-electron chi connectivity index (χ1n) is 6.90. The number of hydrogen-bond acceptors (Lipinski definition) is 4. The van der Waals surface area contributed by atoms with E-state index in [1.54, 1.807) is 0 Å². The number of rotatable bonds is 5. The largest absolute Gasteiger partial charge is 0.534 e. The van der Waals surface area contributed by atoms with Gasteiger partial charge in [-0.15, -0.1) is 0 Å². The third-order valence-corrected chi connectivity index (χ3v) is 4.03. The third kappa shape index (κ3) is 3.71. The average Bonchev–Trinajstić information content (AvgIpc) is 2.53. The molecule has 4 nitrogen and oxygen atoms in total. The van der Waals surface area contributed by atoms with Crippen LogP contribution in [0.1, 0.15) is 6.92 Å². The minimum atomic E-state index is -6.22. The number of para-hydroxylation sites is 1. The zero-order valence-corrected chi connectivity index (χ0v) is 13.7. The topological polar surface area (TPSA) is 52.6 Å². The molecule has 11 heteroatoms. The summed E-state index contributed by atoms with van der Waals surface area (Å²) in [7, 11) is -6.22. The second-order valence-corrected chi connectivity index (χ2v) is 6.31. The van der Waals surface area contributed by atoms with Gasteiger partial charge < -0.3 is 8.92 Å². The van der Waals surface area contributed by atoms with Gasteiger partial charge in [0.2, 0.25) is 5.82 Å². The van der Waals surface area contributed by atoms with Gasteiger partial charge in [0, 0.05) is 11.1 Å². The fourth-order valence-electron chi connectivity index (χ4n) is 1.97. The molecule has 0 N–H and O–H groups in total. The van der Waals surface area contributed by atoms with E-state index in [9.17, 15) is 34.8 Å². The molecule has 0 spiro atoms. The second kappa shape index (κ2) is 7.06. The van der Waals surface area contributed by atoms with Gasteiger partial charge in [0.05, 0.1) is 6.61 Å². The smallest absolute Gasteiger partial charge is 0.491 e. The summed E-state index contributed by atoms with van der Waals surface area (Å²) in [4.78, 5) is 0. The van der Waals surface area contributed by atoms with Crippen molar-refractivity contribution in [2.24, 2.45) is 0 Å². The summed E-state index contributed by atoms with van der Waals surface area (Å²) < 4.78 is 110. The van der Waals surface area contributed by atoms with Crippen molar-refractivity contribution in [3.63, 3.8) is 0 Å². The van der Waals surface area contributed by atoms with E-state index >= 15 is 0 Å². The molecule has 0 saturated heterocycles. The SMILES string of the molecule is CCOc1ccc(-c2cccc(F)c2OS(=O)(=O)C(F)(F)F)c(F)c1F. The van der Waals surface area contributed by atoms with Crippen molar-refractivity contribution in [1.29, 1.82) is 0 Å². The van der Waals surface area contributed by atoms with Crippen LogP contribution in [-0.4, -0.2) is 20.5 Å². The van der Waals surface area contributed by atoms with Gasteiger partial charge in [0.1, 0.15) is 0 Å². The highest BCUT2D eigenvalue weighted by Crippen LogP contribution is 2.39. The zero-order valence-electron chi connectivity index (χ0n) is 12.9. The standard InChI is InChI=1S/C15H10F6O4S/c1-2-24-11-7-6-8(12(17)13(11)18)9-4-3-5-10(16)14(9)25-26(22,23)15(19,20)21/h3-7H,2H2,1H3. The van der Waals surface area contributed by atoms with Crippen LogP contribution in [-0.2, 0) is 10.1 Å². The van der Waals surface area contributed by atoms with E-state index in [1.165, 1.54) is 6.92 Å². The Morgan fingerprint density at radius 2 is 1.62 bits per heavy atom. The molecule has 0 unspecified atom stereocenters. The van der Waals surface area contributed by atoms with Crippen molar-refractivity contribution in [2.45, 2.75) is 12.4 Å². The Labute approximate surface area is 144 Å². The van der Waals surface area contributed by atoms with Crippen molar-refractivity contribution in [2.75, 3.05) is 6.61 Å². The van der Waals surface area contributed by atoms with Crippen LogP contribution in [0.25, 0.3) is 11.1 Å². The van der Waals surface area contributed by atoms with Crippen LogP contribution < -0.4 is 8.92 Å². The highest BCUT2D eigenvalue weighted by molar-refractivity contribution is 7.88. The van der Waals surface area contributed by atoms with E-state index in [0.29, 0.717) is 6.07 Å². The number of benzene rings is 2. The lowest BCUT2D eigenvalue weighted by atomic mass is 10.0. The molecule has 2 rings (SSSR count). The first-order valence-corrected chi connectivity index (χ1v) is 8.30. The summed E-state index contributed by atoms with van der Waals surface area (Å²) in [5.41, 5.74) is -7.27. The second-order valence-electron chi connectivity index (χ2n) is 4.77. The van der Waals surface area contributed by atoms with E-state index in [-0.39, 0.29) is 6.61 Å². The maximum absolute atomic E-state index is 14.2. The highest BCUT2D eigenvalue weighted by Gasteiger charge is 2.49. The summed E-state index contributed by atoms with van der Waals surface area (Å²) in [5, 5.41) is 0. The van der Waals surface area contributed by atoms with Crippen LogP contribution in [0.15, 0.2) is 30.3 Å². The molecule has 26 heavy (non-hydrogen) atoms. The minimum Gasteiger partial charge on any atom is -0.491 e. The van der Waals surface area contributed by atoms with Crippen LogP contribution in [0.5, 0.6) is 11.5 Å². The van der Waals surface area contributed by atoms with Gasteiger partial charge in [-0.25, -0.2) is 8.78 Å². The molecule has 0 radical (unpaired) electrons. The van der Waals surface area contributed by atoms with Crippen LogP contribution in [0, 0.1) is 17.5 Å². The molecule has 0 fully saturated rings. The Balaban J connectivity index is 2.63. The zero-order chi connectivity index (χ0) is 19.7. The molecule has 2 aromatic rings. The lowest BCUT2D eigenvalue weighted by Gasteiger charge is -2.15. The minimum absolute atomic E-state index is 0.00780. The van der Waals surface area contributed by atoms with E-state index in [1.807, 2.05) is 0 Å². The Morgan fingerprint density at radius 3 is 2.19 bits per heavy atom. The molecule has 0 atom stereocenters. The van der Waals surface area contributed by atoms with Crippen LogP contribution >= 0.6 is 0 Å². The van der Waals surface area contributed by atoms with Crippen LogP contribution in [0.4, 0.5) is 26.3 Å². The molecule has 0 amide bonds. The Hall–Kier alpha value is -2.43. The molecule has 0 aliphatic carbocycles. The highest BCUT2D eigenvalue weighted by atomic mass is 32.2. The summed E-state index contributed by atoms with van der Waals surface area (Å²) >= 11 is 0. The summed E-state index contributed by atoms with van der Waals surface area (Å²) in [6, 6.07) is 4.30. The molecular weight excluding hydrogens is 390 g/mol. The fourth-order valence-corrected chi connectivity index (χ4v) is 2.45. The lowest BCUT2D eigenvalue weighted by Crippen LogP contribution is -2.28. The molecule has 0 bridgehead atoms. The Morgan fingerprint density at radius 1 is 0.962 bits per heavy atom. The van der Waals surface area contributed by atoms with Crippen molar-refractivity contribution in [1.82, 2.24) is 0 Å². The average molecular weight is 400 g/mol. The quantitative estimate of drug-likeness (QED) is 0.424. The van der Waals surface area contributed by atoms with Gasteiger partial charge in [0.15, 0.2) is 23.1 Å². The number of ether oxygens (including phenoxy) is 1. The summed E-state index contributed by atoms with van der Waals surface area (Å²) in [6.45, 7) is 1.51. The van der Waals surface area contributed by atoms with Gasteiger partial charge in [-0.2, -0.15) is 26.0 Å². The number of alkyl halides is 3. The summed E-state index contributed by atoms with van der Waals surface area (Å²) in [6.07, 6.45) is 0. The van der Waals surface area contributed by atoms with Gasteiger partial charge in [0.25, 0.3) is 0 Å². The van der Waals surface area contributed by atoms with Crippen LogP contribution in [0.2, 0.25) is 0 Å². The molecule has 142 valence electrons. The first kappa shape index (κ1) is 19.9.